The number of carbonyl (C=O) groups excluding carboxylic acids is 1. The van der Waals surface area contributed by atoms with Crippen molar-refractivity contribution in [3.8, 4) is 0 Å². The number of rotatable bonds is 4. The SMILES string of the molecule is Cc1ccc(CN(C)C)cc1NC(=O)C1(N)CCCC1. The molecular formula is C16H25N3O. The van der Waals surface area contributed by atoms with Gasteiger partial charge in [0.05, 0.1) is 5.54 Å². The Morgan fingerprint density at radius 3 is 2.60 bits per heavy atom. The van der Waals surface area contributed by atoms with Crippen LogP contribution in [-0.4, -0.2) is 30.4 Å². The summed E-state index contributed by atoms with van der Waals surface area (Å²) in [6.07, 6.45) is 3.66. The fourth-order valence-corrected chi connectivity index (χ4v) is 2.75. The van der Waals surface area contributed by atoms with Crippen LogP contribution in [0.3, 0.4) is 0 Å². The summed E-state index contributed by atoms with van der Waals surface area (Å²) >= 11 is 0. The van der Waals surface area contributed by atoms with Crippen LogP contribution in [0.5, 0.6) is 0 Å². The first-order valence-corrected chi connectivity index (χ1v) is 7.25. The van der Waals surface area contributed by atoms with Gasteiger partial charge in [0.1, 0.15) is 0 Å². The smallest absolute Gasteiger partial charge is 0.244 e. The van der Waals surface area contributed by atoms with Crippen molar-refractivity contribution in [3.63, 3.8) is 0 Å². The van der Waals surface area contributed by atoms with Gasteiger partial charge in [-0.1, -0.05) is 25.0 Å². The molecule has 110 valence electrons. The second-order valence-corrected chi connectivity index (χ2v) is 6.20. The number of nitrogens with zero attached hydrogens (tertiary/aromatic N) is 1. The topological polar surface area (TPSA) is 58.4 Å². The van der Waals surface area contributed by atoms with Crippen LogP contribution in [0.2, 0.25) is 0 Å². The Hall–Kier alpha value is -1.39. The van der Waals surface area contributed by atoms with E-state index in [1.165, 1.54) is 5.56 Å². The number of benzene rings is 1. The quantitative estimate of drug-likeness (QED) is 0.886. The minimum Gasteiger partial charge on any atom is -0.324 e. The van der Waals surface area contributed by atoms with E-state index in [1.54, 1.807) is 0 Å². The van der Waals surface area contributed by atoms with Crippen molar-refractivity contribution in [2.24, 2.45) is 5.73 Å². The van der Waals surface area contributed by atoms with Gasteiger partial charge < -0.3 is 16.0 Å². The summed E-state index contributed by atoms with van der Waals surface area (Å²) in [6.45, 7) is 2.86. The predicted octanol–water partition coefficient (Wildman–Crippen LogP) is 2.27. The first-order valence-electron chi connectivity index (χ1n) is 7.25. The maximum Gasteiger partial charge on any atom is 0.244 e. The Kier molecular flexibility index (Phi) is 4.45. The molecule has 0 bridgehead atoms. The van der Waals surface area contributed by atoms with Crippen molar-refractivity contribution >= 4 is 11.6 Å². The molecule has 0 aromatic heterocycles. The largest absolute Gasteiger partial charge is 0.324 e. The molecule has 1 aromatic rings. The van der Waals surface area contributed by atoms with Crippen molar-refractivity contribution in [3.05, 3.63) is 29.3 Å². The van der Waals surface area contributed by atoms with Crippen LogP contribution in [0, 0.1) is 6.92 Å². The van der Waals surface area contributed by atoms with Gasteiger partial charge in [0, 0.05) is 12.2 Å². The molecule has 0 heterocycles. The van der Waals surface area contributed by atoms with Gasteiger partial charge in [0.15, 0.2) is 0 Å². The van der Waals surface area contributed by atoms with Crippen molar-refractivity contribution in [1.82, 2.24) is 4.90 Å². The maximum atomic E-state index is 12.4. The normalized spacial score (nSPS) is 17.4. The summed E-state index contributed by atoms with van der Waals surface area (Å²) in [7, 11) is 4.07. The van der Waals surface area contributed by atoms with Gasteiger partial charge in [-0.3, -0.25) is 4.79 Å². The van der Waals surface area contributed by atoms with E-state index >= 15 is 0 Å². The van der Waals surface area contributed by atoms with Crippen molar-refractivity contribution in [2.45, 2.75) is 44.7 Å². The number of nitrogens with two attached hydrogens (primary N) is 1. The van der Waals surface area contributed by atoms with E-state index in [0.717, 1.165) is 43.5 Å². The standard InChI is InChI=1S/C16H25N3O/c1-12-6-7-13(11-19(2)3)10-14(12)18-15(20)16(17)8-4-5-9-16/h6-7,10H,4-5,8-9,11,17H2,1-3H3,(H,18,20). The van der Waals surface area contributed by atoms with E-state index in [1.807, 2.05) is 33.2 Å². The highest BCUT2D eigenvalue weighted by Gasteiger charge is 2.37. The summed E-state index contributed by atoms with van der Waals surface area (Å²) in [5, 5.41) is 3.02. The zero-order valence-corrected chi connectivity index (χ0v) is 12.7. The Balaban J connectivity index is 2.13. The molecular weight excluding hydrogens is 250 g/mol. The molecule has 4 heteroatoms. The lowest BCUT2D eigenvalue weighted by Crippen LogP contribution is -2.48. The summed E-state index contributed by atoms with van der Waals surface area (Å²) in [6, 6.07) is 6.19. The van der Waals surface area contributed by atoms with E-state index in [-0.39, 0.29) is 5.91 Å². The minimum absolute atomic E-state index is 0.0416. The van der Waals surface area contributed by atoms with E-state index < -0.39 is 5.54 Å². The van der Waals surface area contributed by atoms with Crippen molar-refractivity contribution in [1.29, 1.82) is 0 Å². The third-order valence-electron chi connectivity index (χ3n) is 4.00. The van der Waals surface area contributed by atoms with Crippen molar-refractivity contribution < 1.29 is 4.79 Å². The fraction of sp³-hybridized carbons (Fsp3) is 0.562. The molecule has 1 aliphatic rings. The highest BCUT2D eigenvalue weighted by molar-refractivity contribution is 5.98. The lowest BCUT2D eigenvalue weighted by Gasteiger charge is -2.23. The average molecular weight is 275 g/mol. The minimum atomic E-state index is -0.677. The molecule has 20 heavy (non-hydrogen) atoms. The number of nitrogens with one attached hydrogen (secondary N) is 1. The second kappa shape index (κ2) is 5.94. The molecule has 0 atom stereocenters. The third-order valence-corrected chi connectivity index (χ3v) is 4.00. The molecule has 1 aliphatic carbocycles. The highest BCUT2D eigenvalue weighted by Crippen LogP contribution is 2.29. The van der Waals surface area contributed by atoms with Crippen LogP contribution in [0.4, 0.5) is 5.69 Å². The number of anilines is 1. The Morgan fingerprint density at radius 1 is 1.35 bits per heavy atom. The Bertz CT molecular complexity index is 490. The van der Waals surface area contributed by atoms with Crippen LogP contribution >= 0.6 is 0 Å². The Labute approximate surface area is 121 Å². The fourth-order valence-electron chi connectivity index (χ4n) is 2.75. The van der Waals surface area contributed by atoms with Gasteiger partial charge >= 0.3 is 0 Å². The Morgan fingerprint density at radius 2 is 2.00 bits per heavy atom. The van der Waals surface area contributed by atoms with Gasteiger partial charge in [-0.15, -0.1) is 0 Å². The molecule has 0 aliphatic heterocycles. The molecule has 0 radical (unpaired) electrons. The molecule has 1 saturated carbocycles. The number of carbonyl (C=O) groups is 1. The van der Waals surface area contributed by atoms with E-state index in [4.69, 9.17) is 5.73 Å². The molecule has 4 nitrogen and oxygen atoms in total. The summed E-state index contributed by atoms with van der Waals surface area (Å²) < 4.78 is 0. The van der Waals surface area contributed by atoms with E-state index in [9.17, 15) is 4.79 Å². The van der Waals surface area contributed by atoms with Gasteiger partial charge in [-0.2, -0.15) is 0 Å². The van der Waals surface area contributed by atoms with Crippen molar-refractivity contribution in [2.75, 3.05) is 19.4 Å². The van der Waals surface area contributed by atoms with Crippen LogP contribution in [-0.2, 0) is 11.3 Å². The van der Waals surface area contributed by atoms with Gasteiger partial charge in [-0.25, -0.2) is 0 Å². The van der Waals surface area contributed by atoms with E-state index in [0.29, 0.717) is 0 Å². The average Bonchev–Trinajstić information content (AvgIpc) is 2.81. The maximum absolute atomic E-state index is 12.4. The molecule has 1 fully saturated rings. The number of aryl methyl sites for hydroxylation is 1. The summed E-state index contributed by atoms with van der Waals surface area (Å²) in [4.78, 5) is 14.5. The second-order valence-electron chi connectivity index (χ2n) is 6.20. The lowest BCUT2D eigenvalue weighted by molar-refractivity contribution is -0.121. The van der Waals surface area contributed by atoms with Gasteiger partial charge in [0.2, 0.25) is 5.91 Å². The van der Waals surface area contributed by atoms with Gasteiger partial charge in [0.25, 0.3) is 0 Å². The molecule has 0 saturated heterocycles. The monoisotopic (exact) mass is 275 g/mol. The van der Waals surface area contributed by atoms with E-state index in [2.05, 4.69) is 16.3 Å². The number of hydrogen-bond donors (Lipinski definition) is 2. The molecule has 2 rings (SSSR count). The first-order chi connectivity index (χ1) is 9.40. The van der Waals surface area contributed by atoms with Crippen LogP contribution in [0.15, 0.2) is 18.2 Å². The molecule has 0 unspecified atom stereocenters. The van der Waals surface area contributed by atoms with Crippen LogP contribution < -0.4 is 11.1 Å². The molecule has 1 aromatic carbocycles. The predicted molar refractivity (Wildman–Crippen MR) is 82.6 cm³/mol. The zero-order chi connectivity index (χ0) is 14.8. The van der Waals surface area contributed by atoms with Crippen LogP contribution in [0.25, 0.3) is 0 Å². The zero-order valence-electron chi connectivity index (χ0n) is 12.7. The first kappa shape index (κ1) is 15.0. The lowest BCUT2D eigenvalue weighted by atomic mass is 9.97. The number of amides is 1. The summed E-state index contributed by atoms with van der Waals surface area (Å²) in [5.74, 6) is -0.0416. The summed E-state index contributed by atoms with van der Waals surface area (Å²) in [5.41, 5.74) is 8.66. The highest BCUT2D eigenvalue weighted by atomic mass is 16.2. The van der Waals surface area contributed by atoms with Gasteiger partial charge in [-0.05, 0) is 51.1 Å². The van der Waals surface area contributed by atoms with Crippen LogP contribution in [0.1, 0.15) is 36.8 Å². The molecule has 0 spiro atoms. The number of hydrogen-bond acceptors (Lipinski definition) is 3. The molecule has 3 N–H and O–H groups in total. The molecule has 1 amide bonds. The third kappa shape index (κ3) is 3.38.